The minimum atomic E-state index is 0.0237. The van der Waals surface area contributed by atoms with Crippen LogP contribution in [0.2, 0.25) is 0 Å². The predicted octanol–water partition coefficient (Wildman–Crippen LogP) is 3.38. The van der Waals surface area contributed by atoms with E-state index in [1.807, 2.05) is 76.5 Å². The van der Waals surface area contributed by atoms with Crippen molar-refractivity contribution in [2.45, 2.75) is 6.42 Å². The second-order valence-electron chi connectivity index (χ2n) is 7.26. The number of piperazine rings is 1. The van der Waals surface area contributed by atoms with Crippen molar-refractivity contribution in [1.82, 2.24) is 9.80 Å². The largest absolute Gasteiger partial charge is 0.497 e. The molecule has 0 saturated carbocycles. The number of nitrogens with zero attached hydrogens (tertiary/aromatic N) is 2. The topological polar surface area (TPSA) is 49.9 Å². The van der Waals surface area contributed by atoms with E-state index < -0.39 is 0 Å². The number of methoxy groups -OCH3 is 1. The SMILES string of the molecule is COc1cccc(CC(=O)N2CCN(C(=O)c3ccc4ccccc4c3)CC2)c1. The highest BCUT2D eigenvalue weighted by Gasteiger charge is 2.25. The summed E-state index contributed by atoms with van der Waals surface area (Å²) < 4.78 is 5.22. The fraction of sp³-hybridized carbons (Fsp3) is 0.250. The van der Waals surface area contributed by atoms with Crippen LogP contribution in [-0.2, 0) is 11.2 Å². The number of benzene rings is 3. The quantitative estimate of drug-likeness (QED) is 0.689. The maximum atomic E-state index is 12.9. The first-order valence-corrected chi connectivity index (χ1v) is 9.83. The molecule has 0 N–H and O–H groups in total. The molecule has 2 amide bonds. The highest BCUT2D eigenvalue weighted by atomic mass is 16.5. The summed E-state index contributed by atoms with van der Waals surface area (Å²) in [6.07, 6.45) is 0.343. The van der Waals surface area contributed by atoms with Crippen LogP contribution in [0.3, 0.4) is 0 Å². The standard InChI is InChI=1S/C24H24N2O3/c1-29-22-8-4-5-18(15-22)16-23(27)25-11-13-26(14-12-25)24(28)21-10-9-19-6-2-3-7-20(19)17-21/h2-10,15,17H,11-14,16H2,1H3. The third kappa shape index (κ3) is 4.24. The zero-order chi connectivity index (χ0) is 20.2. The molecule has 148 valence electrons. The van der Waals surface area contributed by atoms with Crippen molar-refractivity contribution in [2.75, 3.05) is 33.3 Å². The van der Waals surface area contributed by atoms with E-state index in [0.29, 0.717) is 38.2 Å². The van der Waals surface area contributed by atoms with Crippen molar-refractivity contribution in [3.8, 4) is 5.75 Å². The van der Waals surface area contributed by atoms with Gasteiger partial charge < -0.3 is 14.5 Å². The summed E-state index contributed by atoms with van der Waals surface area (Å²) in [4.78, 5) is 29.2. The Morgan fingerprint density at radius 3 is 2.31 bits per heavy atom. The van der Waals surface area contributed by atoms with Gasteiger partial charge in [-0.05, 0) is 40.6 Å². The third-order valence-electron chi connectivity index (χ3n) is 5.41. The molecule has 0 spiro atoms. The molecular weight excluding hydrogens is 364 g/mol. The van der Waals surface area contributed by atoms with E-state index >= 15 is 0 Å². The highest BCUT2D eigenvalue weighted by molar-refractivity contribution is 5.98. The van der Waals surface area contributed by atoms with Gasteiger partial charge in [0.1, 0.15) is 5.75 Å². The van der Waals surface area contributed by atoms with E-state index in [4.69, 9.17) is 4.74 Å². The first kappa shape index (κ1) is 19.0. The van der Waals surface area contributed by atoms with Gasteiger partial charge in [-0.3, -0.25) is 9.59 Å². The summed E-state index contributed by atoms with van der Waals surface area (Å²) in [5.41, 5.74) is 1.63. The van der Waals surface area contributed by atoms with Gasteiger partial charge in [0.2, 0.25) is 5.91 Å². The Bertz CT molecular complexity index is 1040. The lowest BCUT2D eigenvalue weighted by molar-refractivity contribution is -0.131. The van der Waals surface area contributed by atoms with E-state index in [-0.39, 0.29) is 11.8 Å². The number of carbonyl (C=O) groups is 2. The molecule has 3 aromatic rings. The van der Waals surface area contributed by atoms with E-state index in [1.165, 1.54) is 0 Å². The molecule has 0 aromatic heterocycles. The van der Waals surface area contributed by atoms with Gasteiger partial charge in [-0.15, -0.1) is 0 Å². The molecule has 1 fully saturated rings. The van der Waals surface area contributed by atoms with Gasteiger partial charge in [-0.1, -0.05) is 42.5 Å². The van der Waals surface area contributed by atoms with Crippen molar-refractivity contribution < 1.29 is 14.3 Å². The van der Waals surface area contributed by atoms with Crippen LogP contribution < -0.4 is 4.74 Å². The van der Waals surface area contributed by atoms with Crippen molar-refractivity contribution in [3.05, 3.63) is 77.9 Å². The van der Waals surface area contributed by atoms with Gasteiger partial charge in [0.05, 0.1) is 13.5 Å². The molecule has 5 nitrogen and oxygen atoms in total. The number of rotatable bonds is 4. The monoisotopic (exact) mass is 388 g/mol. The molecule has 0 bridgehead atoms. The lowest BCUT2D eigenvalue weighted by Crippen LogP contribution is -2.51. The zero-order valence-corrected chi connectivity index (χ0v) is 16.5. The van der Waals surface area contributed by atoms with Gasteiger partial charge in [0, 0.05) is 31.7 Å². The summed E-state index contributed by atoms with van der Waals surface area (Å²) >= 11 is 0. The lowest BCUT2D eigenvalue weighted by Gasteiger charge is -2.35. The van der Waals surface area contributed by atoms with Crippen LogP contribution >= 0.6 is 0 Å². The normalized spacial score (nSPS) is 14.1. The van der Waals surface area contributed by atoms with Gasteiger partial charge in [0.25, 0.3) is 5.91 Å². The summed E-state index contributed by atoms with van der Waals surface area (Å²) in [6, 6.07) is 21.4. The molecule has 1 aliphatic rings. The lowest BCUT2D eigenvalue weighted by atomic mass is 10.1. The summed E-state index contributed by atoms with van der Waals surface area (Å²) in [5.74, 6) is 0.854. The minimum Gasteiger partial charge on any atom is -0.497 e. The van der Waals surface area contributed by atoms with Gasteiger partial charge in [0.15, 0.2) is 0 Å². The Hall–Kier alpha value is -3.34. The van der Waals surface area contributed by atoms with Crippen LogP contribution in [-0.4, -0.2) is 54.9 Å². The van der Waals surface area contributed by atoms with Gasteiger partial charge in [-0.25, -0.2) is 0 Å². The molecule has 0 atom stereocenters. The van der Waals surface area contributed by atoms with E-state index in [9.17, 15) is 9.59 Å². The van der Waals surface area contributed by atoms with Crippen LogP contribution in [0.5, 0.6) is 5.75 Å². The molecule has 0 radical (unpaired) electrons. The Labute approximate surface area is 170 Å². The van der Waals surface area contributed by atoms with Crippen LogP contribution in [0.4, 0.5) is 0 Å². The van der Waals surface area contributed by atoms with E-state index in [2.05, 4.69) is 0 Å². The van der Waals surface area contributed by atoms with Gasteiger partial charge in [-0.2, -0.15) is 0 Å². The molecule has 1 heterocycles. The van der Waals surface area contributed by atoms with E-state index in [1.54, 1.807) is 7.11 Å². The number of ether oxygens (including phenoxy) is 1. The van der Waals surface area contributed by atoms with Crippen molar-refractivity contribution in [2.24, 2.45) is 0 Å². The fourth-order valence-electron chi connectivity index (χ4n) is 3.73. The van der Waals surface area contributed by atoms with Crippen molar-refractivity contribution in [3.63, 3.8) is 0 Å². The maximum absolute atomic E-state index is 12.9. The second-order valence-corrected chi connectivity index (χ2v) is 7.26. The number of carbonyl (C=O) groups excluding carboxylic acids is 2. The molecule has 1 saturated heterocycles. The number of hydrogen-bond donors (Lipinski definition) is 0. The average Bonchev–Trinajstić information content (AvgIpc) is 2.78. The summed E-state index contributed by atoms with van der Waals surface area (Å²) in [7, 11) is 1.62. The van der Waals surface area contributed by atoms with Gasteiger partial charge >= 0.3 is 0 Å². The Morgan fingerprint density at radius 1 is 0.828 bits per heavy atom. The smallest absolute Gasteiger partial charge is 0.253 e. The predicted molar refractivity (Wildman–Crippen MR) is 113 cm³/mol. The number of amides is 2. The first-order chi connectivity index (χ1) is 14.1. The third-order valence-corrected chi connectivity index (χ3v) is 5.41. The highest BCUT2D eigenvalue weighted by Crippen LogP contribution is 2.18. The summed E-state index contributed by atoms with van der Waals surface area (Å²) in [6.45, 7) is 2.22. The second kappa shape index (κ2) is 8.35. The Morgan fingerprint density at radius 2 is 1.55 bits per heavy atom. The minimum absolute atomic E-state index is 0.0237. The average molecular weight is 388 g/mol. The number of fused-ring (bicyclic) bond motifs is 1. The molecule has 4 rings (SSSR count). The van der Waals surface area contributed by atoms with Crippen LogP contribution in [0.25, 0.3) is 10.8 Å². The summed E-state index contributed by atoms with van der Waals surface area (Å²) in [5, 5.41) is 2.18. The molecule has 0 aliphatic carbocycles. The molecule has 0 unspecified atom stereocenters. The Kier molecular flexibility index (Phi) is 5.47. The first-order valence-electron chi connectivity index (χ1n) is 9.83. The van der Waals surface area contributed by atoms with Crippen molar-refractivity contribution in [1.29, 1.82) is 0 Å². The molecule has 1 aliphatic heterocycles. The van der Waals surface area contributed by atoms with Crippen molar-refractivity contribution >= 4 is 22.6 Å². The number of hydrogen-bond acceptors (Lipinski definition) is 3. The van der Waals surface area contributed by atoms with E-state index in [0.717, 1.165) is 22.1 Å². The Balaban J connectivity index is 1.36. The maximum Gasteiger partial charge on any atom is 0.253 e. The van der Waals surface area contributed by atoms with Crippen LogP contribution in [0.15, 0.2) is 66.7 Å². The zero-order valence-electron chi connectivity index (χ0n) is 16.5. The van der Waals surface area contributed by atoms with Crippen LogP contribution in [0.1, 0.15) is 15.9 Å². The molecule has 5 heteroatoms. The molecule has 3 aromatic carbocycles. The van der Waals surface area contributed by atoms with Crippen LogP contribution in [0, 0.1) is 0 Å². The fourth-order valence-corrected chi connectivity index (χ4v) is 3.73. The molecule has 29 heavy (non-hydrogen) atoms. The molecular formula is C24H24N2O3.